The molecule has 1 aliphatic rings. The summed E-state index contributed by atoms with van der Waals surface area (Å²) in [6, 6.07) is 4.91. The Labute approximate surface area is 193 Å². The molecule has 2 heterocycles. The van der Waals surface area contributed by atoms with E-state index in [1.165, 1.54) is 10.8 Å². The first-order valence-corrected chi connectivity index (χ1v) is 11.0. The maximum absolute atomic E-state index is 12.6. The number of carbonyl (C=O) groups excluding carboxylic acids is 1. The predicted octanol–water partition coefficient (Wildman–Crippen LogP) is 2.19. The minimum Gasteiger partial charge on any atom is -0.390 e. The van der Waals surface area contributed by atoms with Gasteiger partial charge in [0.1, 0.15) is 12.3 Å². The smallest absolute Gasteiger partial charge is 0.330 e. The number of hydrogen-bond acceptors (Lipinski definition) is 5. The molecule has 1 saturated heterocycles. The molecule has 0 aliphatic carbocycles. The molecule has 1 aliphatic heterocycles. The number of aliphatic hydroxyl groups is 1. The normalized spacial score (nSPS) is 21.8. The molecular formula is C20H22Cl3N3O5. The van der Waals surface area contributed by atoms with Crippen LogP contribution < -0.4 is 16.6 Å². The van der Waals surface area contributed by atoms with Crippen molar-refractivity contribution in [3.63, 3.8) is 0 Å². The quantitative estimate of drug-likeness (QED) is 0.515. The van der Waals surface area contributed by atoms with Gasteiger partial charge in [0.05, 0.1) is 12.0 Å². The van der Waals surface area contributed by atoms with Gasteiger partial charge in [-0.3, -0.25) is 19.1 Å². The van der Waals surface area contributed by atoms with Gasteiger partial charge in [0, 0.05) is 40.7 Å². The van der Waals surface area contributed by atoms with E-state index in [-0.39, 0.29) is 31.2 Å². The van der Waals surface area contributed by atoms with E-state index >= 15 is 0 Å². The standard InChI is InChI=1S/C20H22Cl3N3O5/c1-10(13-3-2-12(22)6-14(13)23)18(28)24-8-16-15(27)7-17(31-16)26-9-11(4-5-21)19(29)25-20(26)30/h2-3,6,9-10,15-17,27H,4-5,7-8H2,1H3,(H,24,28)(H,25,29,30)/t10?,15-,16+,17+/m0/s1. The van der Waals surface area contributed by atoms with Crippen LogP contribution in [0.5, 0.6) is 0 Å². The zero-order valence-electron chi connectivity index (χ0n) is 16.6. The van der Waals surface area contributed by atoms with E-state index in [1.54, 1.807) is 25.1 Å². The summed E-state index contributed by atoms with van der Waals surface area (Å²) in [6.07, 6.45) is -0.597. The summed E-state index contributed by atoms with van der Waals surface area (Å²) in [5, 5.41) is 14.0. The molecule has 8 nitrogen and oxygen atoms in total. The van der Waals surface area contributed by atoms with Gasteiger partial charge < -0.3 is 15.2 Å². The van der Waals surface area contributed by atoms with Crippen LogP contribution in [0.25, 0.3) is 0 Å². The highest BCUT2D eigenvalue weighted by atomic mass is 35.5. The number of aromatic nitrogens is 2. The van der Waals surface area contributed by atoms with E-state index in [9.17, 15) is 19.5 Å². The van der Waals surface area contributed by atoms with Crippen LogP contribution in [0.15, 0.2) is 34.0 Å². The minimum absolute atomic E-state index is 0.0404. The topological polar surface area (TPSA) is 113 Å². The second kappa shape index (κ2) is 10.2. The molecule has 1 unspecified atom stereocenters. The van der Waals surface area contributed by atoms with Crippen molar-refractivity contribution in [1.82, 2.24) is 14.9 Å². The van der Waals surface area contributed by atoms with Gasteiger partial charge in [-0.25, -0.2) is 4.79 Å². The Hall–Kier alpha value is -1.84. The number of benzene rings is 1. The number of carbonyl (C=O) groups is 1. The molecule has 1 amide bonds. The number of aliphatic hydroxyl groups excluding tert-OH is 1. The monoisotopic (exact) mass is 489 g/mol. The Balaban J connectivity index is 1.65. The average Bonchev–Trinajstić information content (AvgIpc) is 3.08. The minimum atomic E-state index is -0.907. The lowest BCUT2D eigenvalue weighted by atomic mass is 10.00. The fourth-order valence-electron chi connectivity index (χ4n) is 3.44. The van der Waals surface area contributed by atoms with Gasteiger partial charge in [0.25, 0.3) is 5.56 Å². The Bertz CT molecular complexity index is 1070. The maximum atomic E-state index is 12.6. The number of alkyl halides is 1. The Kier molecular flexibility index (Phi) is 7.82. The fraction of sp³-hybridized carbons (Fsp3) is 0.450. The van der Waals surface area contributed by atoms with Crippen molar-refractivity contribution < 1.29 is 14.6 Å². The highest BCUT2D eigenvalue weighted by Crippen LogP contribution is 2.29. The van der Waals surface area contributed by atoms with Crippen LogP contribution >= 0.6 is 34.8 Å². The molecule has 1 aromatic carbocycles. The van der Waals surface area contributed by atoms with Gasteiger partial charge in [-0.15, -0.1) is 11.6 Å². The van der Waals surface area contributed by atoms with Crippen LogP contribution in [-0.2, 0) is 16.0 Å². The third-order valence-corrected chi connectivity index (χ3v) is 5.97. The van der Waals surface area contributed by atoms with Gasteiger partial charge in [-0.05, 0) is 31.0 Å². The molecule has 3 N–H and O–H groups in total. The van der Waals surface area contributed by atoms with Gasteiger partial charge >= 0.3 is 5.69 Å². The molecule has 3 rings (SSSR count). The van der Waals surface area contributed by atoms with Crippen LogP contribution in [0.2, 0.25) is 10.0 Å². The molecular weight excluding hydrogens is 469 g/mol. The molecule has 0 bridgehead atoms. The van der Waals surface area contributed by atoms with E-state index in [2.05, 4.69) is 10.3 Å². The highest BCUT2D eigenvalue weighted by molar-refractivity contribution is 6.35. The molecule has 0 saturated carbocycles. The Morgan fingerprint density at radius 1 is 1.39 bits per heavy atom. The first-order chi connectivity index (χ1) is 14.7. The van der Waals surface area contributed by atoms with Crippen molar-refractivity contribution in [1.29, 1.82) is 0 Å². The molecule has 11 heteroatoms. The average molecular weight is 491 g/mol. The SMILES string of the molecule is CC(C(=O)NC[C@H]1O[C@@H](n2cc(CCCl)c(=O)[nH]c2=O)C[C@@H]1O)c1ccc(Cl)cc1Cl. The Morgan fingerprint density at radius 2 is 2.13 bits per heavy atom. The number of hydrogen-bond donors (Lipinski definition) is 3. The first kappa shape index (κ1) is 23.8. The zero-order chi connectivity index (χ0) is 22.7. The molecule has 0 spiro atoms. The van der Waals surface area contributed by atoms with Crippen molar-refractivity contribution >= 4 is 40.7 Å². The number of aryl methyl sites for hydroxylation is 1. The number of ether oxygens (including phenoxy) is 1. The third kappa shape index (κ3) is 5.51. The Morgan fingerprint density at radius 3 is 2.81 bits per heavy atom. The van der Waals surface area contributed by atoms with Crippen LogP contribution in [0, 0.1) is 0 Å². The van der Waals surface area contributed by atoms with Crippen molar-refractivity contribution in [3.8, 4) is 0 Å². The number of halogens is 3. The number of nitrogens with zero attached hydrogens (tertiary/aromatic N) is 1. The van der Waals surface area contributed by atoms with Crippen molar-refractivity contribution in [2.24, 2.45) is 0 Å². The fourth-order valence-corrected chi connectivity index (χ4v) is 4.21. The second-order valence-corrected chi connectivity index (χ2v) is 8.55. The van der Waals surface area contributed by atoms with E-state index < -0.39 is 35.6 Å². The molecule has 168 valence electrons. The zero-order valence-corrected chi connectivity index (χ0v) is 18.9. The molecule has 2 aromatic rings. The predicted molar refractivity (Wildman–Crippen MR) is 118 cm³/mol. The van der Waals surface area contributed by atoms with Gasteiger partial charge in [-0.1, -0.05) is 29.3 Å². The largest absolute Gasteiger partial charge is 0.390 e. The lowest BCUT2D eigenvalue weighted by Gasteiger charge is -2.19. The molecule has 4 atom stereocenters. The van der Waals surface area contributed by atoms with Gasteiger partial charge in [-0.2, -0.15) is 0 Å². The van der Waals surface area contributed by atoms with E-state index in [4.69, 9.17) is 39.5 Å². The molecule has 31 heavy (non-hydrogen) atoms. The van der Waals surface area contributed by atoms with Crippen LogP contribution in [-0.4, -0.2) is 45.2 Å². The summed E-state index contributed by atoms with van der Waals surface area (Å²) < 4.78 is 7.02. The molecule has 0 radical (unpaired) electrons. The number of aromatic amines is 1. The lowest BCUT2D eigenvalue weighted by molar-refractivity contribution is -0.123. The van der Waals surface area contributed by atoms with Crippen LogP contribution in [0.3, 0.4) is 0 Å². The van der Waals surface area contributed by atoms with Gasteiger partial charge in [0.2, 0.25) is 5.91 Å². The van der Waals surface area contributed by atoms with E-state index in [0.29, 0.717) is 21.2 Å². The van der Waals surface area contributed by atoms with E-state index in [1.807, 2.05) is 0 Å². The maximum Gasteiger partial charge on any atom is 0.330 e. The highest BCUT2D eigenvalue weighted by Gasteiger charge is 2.36. The van der Waals surface area contributed by atoms with E-state index in [0.717, 1.165) is 0 Å². The third-order valence-electron chi connectivity index (χ3n) is 5.22. The summed E-state index contributed by atoms with van der Waals surface area (Å²) in [4.78, 5) is 38.8. The lowest BCUT2D eigenvalue weighted by Crippen LogP contribution is -2.39. The number of H-pyrrole nitrogens is 1. The van der Waals surface area contributed by atoms with Crippen molar-refractivity contribution in [2.45, 2.75) is 44.1 Å². The van der Waals surface area contributed by atoms with Crippen molar-refractivity contribution in [3.05, 3.63) is 66.4 Å². The first-order valence-electron chi connectivity index (χ1n) is 9.67. The van der Waals surface area contributed by atoms with Crippen molar-refractivity contribution in [2.75, 3.05) is 12.4 Å². The summed E-state index contributed by atoms with van der Waals surface area (Å²) in [6.45, 7) is 1.75. The number of amides is 1. The van der Waals surface area contributed by atoms with Crippen LogP contribution in [0.4, 0.5) is 0 Å². The summed E-state index contributed by atoms with van der Waals surface area (Å²) >= 11 is 17.8. The summed E-state index contributed by atoms with van der Waals surface area (Å²) in [7, 11) is 0. The number of nitrogens with one attached hydrogen (secondary N) is 2. The molecule has 1 fully saturated rings. The molecule has 1 aromatic heterocycles. The summed E-state index contributed by atoms with van der Waals surface area (Å²) in [5.41, 5.74) is -0.172. The van der Waals surface area contributed by atoms with Crippen LogP contribution in [0.1, 0.15) is 36.6 Å². The number of rotatable bonds is 7. The van der Waals surface area contributed by atoms with Gasteiger partial charge in [0.15, 0.2) is 0 Å². The summed E-state index contributed by atoms with van der Waals surface area (Å²) in [5.74, 6) is -0.618. The second-order valence-electron chi connectivity index (χ2n) is 7.32.